The summed E-state index contributed by atoms with van der Waals surface area (Å²) in [5.74, 6) is 0.922. The molecule has 0 aliphatic carbocycles. The maximum atomic E-state index is 12.2. The van der Waals surface area contributed by atoms with Crippen molar-refractivity contribution in [3.63, 3.8) is 0 Å². The van der Waals surface area contributed by atoms with E-state index in [0.717, 1.165) is 18.7 Å². The minimum absolute atomic E-state index is 0.172. The second-order valence-electron chi connectivity index (χ2n) is 6.70. The van der Waals surface area contributed by atoms with Gasteiger partial charge >= 0.3 is 0 Å². The molecule has 1 aliphatic rings. The zero-order chi connectivity index (χ0) is 18.4. The third-order valence-corrected chi connectivity index (χ3v) is 4.54. The van der Waals surface area contributed by atoms with Gasteiger partial charge in [-0.05, 0) is 50.0 Å². The molecule has 1 atom stereocenters. The van der Waals surface area contributed by atoms with Crippen LogP contribution in [-0.4, -0.2) is 58.1 Å². The summed E-state index contributed by atoms with van der Waals surface area (Å²) < 4.78 is 10.3. The van der Waals surface area contributed by atoms with Crippen LogP contribution >= 0.6 is 0 Å². The van der Waals surface area contributed by atoms with E-state index in [1.165, 1.54) is 0 Å². The third kappa shape index (κ3) is 5.03. The molecule has 1 saturated heterocycles. The average molecular weight is 360 g/mol. The first-order valence-electron chi connectivity index (χ1n) is 8.76. The number of carbonyl (C=O) groups is 1. The highest BCUT2D eigenvalue weighted by Crippen LogP contribution is 2.24. The Morgan fingerprint density at radius 2 is 2.12 bits per heavy atom. The van der Waals surface area contributed by atoms with Gasteiger partial charge in [0.05, 0.1) is 12.1 Å². The Morgan fingerprint density at radius 3 is 2.85 bits per heavy atom. The molecule has 1 aliphatic heterocycles. The normalized spacial score (nSPS) is 21.2. The van der Waals surface area contributed by atoms with Crippen LogP contribution in [0.4, 0.5) is 5.82 Å². The summed E-state index contributed by atoms with van der Waals surface area (Å²) in [6.07, 6.45) is 1.99. The molecule has 0 saturated carbocycles. The van der Waals surface area contributed by atoms with Crippen LogP contribution in [-0.2, 0) is 4.79 Å². The topological polar surface area (TPSA) is 101 Å². The Bertz CT molecular complexity index is 721. The van der Waals surface area contributed by atoms with Gasteiger partial charge in [0, 0.05) is 6.54 Å². The first kappa shape index (κ1) is 18.3. The summed E-state index contributed by atoms with van der Waals surface area (Å²) in [6, 6.07) is 9.47. The lowest BCUT2D eigenvalue weighted by atomic mass is 9.96. The number of rotatable bonds is 6. The van der Waals surface area contributed by atoms with Gasteiger partial charge in [-0.25, -0.2) is 4.63 Å². The largest absolute Gasteiger partial charge is 0.491 e. The number of para-hydroxylation sites is 1. The summed E-state index contributed by atoms with van der Waals surface area (Å²) in [5, 5.41) is 20.8. The van der Waals surface area contributed by atoms with Crippen molar-refractivity contribution in [1.82, 2.24) is 15.2 Å². The maximum absolute atomic E-state index is 12.2. The molecule has 0 spiro atoms. The van der Waals surface area contributed by atoms with Crippen molar-refractivity contribution in [2.24, 2.45) is 0 Å². The maximum Gasteiger partial charge on any atom is 0.239 e. The monoisotopic (exact) mass is 360 g/mol. The lowest BCUT2D eigenvalue weighted by Gasteiger charge is -2.26. The molecule has 1 fully saturated rings. The second kappa shape index (κ2) is 8.29. The number of nitrogens with one attached hydrogen (secondary N) is 1. The number of ether oxygens (including phenoxy) is 1. The number of benzene rings is 1. The van der Waals surface area contributed by atoms with E-state index in [-0.39, 0.29) is 19.1 Å². The summed E-state index contributed by atoms with van der Waals surface area (Å²) >= 11 is 0. The van der Waals surface area contributed by atoms with Crippen molar-refractivity contribution in [3.05, 3.63) is 36.0 Å². The fourth-order valence-corrected chi connectivity index (χ4v) is 2.99. The molecule has 0 bridgehead atoms. The minimum Gasteiger partial charge on any atom is -0.491 e. The number of carbonyl (C=O) groups excluding carboxylic acids is 1. The quantitative estimate of drug-likeness (QED) is 0.807. The first-order chi connectivity index (χ1) is 12.5. The standard InChI is InChI=1S/C18H24N4O4/c1-14-17(21-26-20-14)19-16(23)12-22-10-5-8-18(24,9-11-22)13-25-15-6-3-2-4-7-15/h2-4,6-7,24H,5,8-13H2,1H3,(H,19,21,23). The van der Waals surface area contributed by atoms with Crippen LogP contribution in [0.1, 0.15) is 25.0 Å². The zero-order valence-corrected chi connectivity index (χ0v) is 14.9. The Morgan fingerprint density at radius 1 is 1.31 bits per heavy atom. The van der Waals surface area contributed by atoms with Crippen molar-refractivity contribution in [2.75, 3.05) is 31.6 Å². The van der Waals surface area contributed by atoms with Gasteiger partial charge in [-0.2, -0.15) is 0 Å². The van der Waals surface area contributed by atoms with E-state index in [4.69, 9.17) is 4.74 Å². The van der Waals surface area contributed by atoms with Crippen LogP contribution in [0, 0.1) is 6.92 Å². The van der Waals surface area contributed by atoms with Crippen molar-refractivity contribution in [3.8, 4) is 5.75 Å². The molecule has 2 heterocycles. The van der Waals surface area contributed by atoms with Crippen LogP contribution < -0.4 is 10.1 Å². The predicted molar refractivity (Wildman–Crippen MR) is 94.8 cm³/mol. The molecule has 1 aromatic carbocycles. The second-order valence-corrected chi connectivity index (χ2v) is 6.70. The van der Waals surface area contributed by atoms with Gasteiger partial charge in [0.2, 0.25) is 5.91 Å². The summed E-state index contributed by atoms with van der Waals surface area (Å²) in [4.78, 5) is 14.2. The van der Waals surface area contributed by atoms with Crippen molar-refractivity contribution >= 4 is 11.7 Å². The summed E-state index contributed by atoms with van der Waals surface area (Å²) in [7, 11) is 0. The van der Waals surface area contributed by atoms with E-state index in [9.17, 15) is 9.90 Å². The van der Waals surface area contributed by atoms with Crippen molar-refractivity contribution in [1.29, 1.82) is 0 Å². The minimum atomic E-state index is -0.881. The zero-order valence-electron chi connectivity index (χ0n) is 14.9. The Labute approximate surface area is 152 Å². The van der Waals surface area contributed by atoms with Crippen LogP contribution in [0.25, 0.3) is 0 Å². The van der Waals surface area contributed by atoms with Gasteiger partial charge in [0.25, 0.3) is 0 Å². The number of hydrogen-bond donors (Lipinski definition) is 2. The Hall–Kier alpha value is -2.45. The van der Waals surface area contributed by atoms with Crippen molar-refractivity contribution in [2.45, 2.75) is 31.8 Å². The smallest absolute Gasteiger partial charge is 0.239 e. The molecule has 3 rings (SSSR count). The summed E-state index contributed by atoms with van der Waals surface area (Å²) in [5.41, 5.74) is -0.338. The lowest BCUT2D eigenvalue weighted by molar-refractivity contribution is -0.117. The molecule has 1 amide bonds. The summed E-state index contributed by atoms with van der Waals surface area (Å²) in [6.45, 7) is 3.57. The molecular weight excluding hydrogens is 336 g/mol. The molecule has 8 heteroatoms. The molecule has 0 radical (unpaired) electrons. The highest BCUT2D eigenvalue weighted by Gasteiger charge is 2.31. The number of nitrogens with zero attached hydrogens (tertiary/aromatic N) is 3. The van der Waals surface area contributed by atoms with E-state index in [1.54, 1.807) is 6.92 Å². The number of aryl methyl sites for hydroxylation is 1. The van der Waals surface area contributed by atoms with Gasteiger partial charge in [-0.3, -0.25) is 9.69 Å². The van der Waals surface area contributed by atoms with E-state index in [1.807, 2.05) is 35.2 Å². The van der Waals surface area contributed by atoms with E-state index in [2.05, 4.69) is 20.3 Å². The molecule has 2 N–H and O–H groups in total. The van der Waals surface area contributed by atoms with Crippen LogP contribution in [0.15, 0.2) is 35.0 Å². The van der Waals surface area contributed by atoms with Crippen molar-refractivity contribution < 1.29 is 19.3 Å². The average Bonchev–Trinajstić information content (AvgIpc) is 2.93. The number of amides is 1. The van der Waals surface area contributed by atoms with Crippen LogP contribution in [0.5, 0.6) is 5.75 Å². The molecule has 140 valence electrons. The number of hydrogen-bond acceptors (Lipinski definition) is 7. The van der Waals surface area contributed by atoms with Gasteiger partial charge in [0.1, 0.15) is 18.1 Å². The highest BCUT2D eigenvalue weighted by atomic mass is 16.6. The van der Waals surface area contributed by atoms with Gasteiger partial charge in [-0.15, -0.1) is 0 Å². The Kier molecular flexibility index (Phi) is 5.85. The van der Waals surface area contributed by atoms with Gasteiger partial charge in [-0.1, -0.05) is 23.4 Å². The number of likely N-dealkylation sites (tertiary alicyclic amines) is 1. The van der Waals surface area contributed by atoms with E-state index in [0.29, 0.717) is 30.9 Å². The van der Waals surface area contributed by atoms with Crippen LogP contribution in [0.2, 0.25) is 0 Å². The first-order valence-corrected chi connectivity index (χ1v) is 8.76. The molecule has 2 aromatic rings. The fourth-order valence-electron chi connectivity index (χ4n) is 2.99. The molecular formula is C18H24N4O4. The molecule has 1 aromatic heterocycles. The SMILES string of the molecule is Cc1nonc1NC(=O)CN1CCCC(O)(COc2ccccc2)CC1. The molecule has 8 nitrogen and oxygen atoms in total. The number of aromatic nitrogens is 2. The lowest BCUT2D eigenvalue weighted by Crippen LogP contribution is -2.38. The van der Waals surface area contributed by atoms with E-state index < -0.39 is 5.60 Å². The molecule has 1 unspecified atom stereocenters. The number of anilines is 1. The Balaban J connectivity index is 1.48. The molecule has 26 heavy (non-hydrogen) atoms. The predicted octanol–water partition coefficient (Wildman–Crippen LogP) is 1.61. The van der Waals surface area contributed by atoms with Gasteiger partial charge < -0.3 is 15.2 Å². The fraction of sp³-hybridized carbons (Fsp3) is 0.500. The van der Waals surface area contributed by atoms with Crippen LogP contribution in [0.3, 0.4) is 0 Å². The number of aliphatic hydroxyl groups is 1. The third-order valence-electron chi connectivity index (χ3n) is 4.54. The van der Waals surface area contributed by atoms with Gasteiger partial charge in [0.15, 0.2) is 5.82 Å². The van der Waals surface area contributed by atoms with E-state index >= 15 is 0 Å². The highest BCUT2D eigenvalue weighted by molar-refractivity contribution is 5.91.